The van der Waals surface area contributed by atoms with Crippen LogP contribution in [0.4, 0.5) is 19.0 Å². The van der Waals surface area contributed by atoms with Crippen molar-refractivity contribution in [3.05, 3.63) is 17.8 Å². The Bertz CT molecular complexity index is 350. The van der Waals surface area contributed by atoms with Gasteiger partial charge in [0.25, 0.3) is 0 Å². The van der Waals surface area contributed by atoms with Crippen LogP contribution < -0.4 is 5.73 Å². The summed E-state index contributed by atoms with van der Waals surface area (Å²) >= 11 is 1.13. The molecule has 2 nitrogen and oxygen atoms in total. The van der Waals surface area contributed by atoms with E-state index in [1.807, 2.05) is 13.8 Å². The van der Waals surface area contributed by atoms with Gasteiger partial charge in [0, 0.05) is 16.3 Å². The summed E-state index contributed by atoms with van der Waals surface area (Å²) in [6.45, 7) is 3.64. The maximum atomic E-state index is 12.5. The topological polar surface area (TPSA) is 38.9 Å². The van der Waals surface area contributed by atoms with E-state index in [9.17, 15) is 13.2 Å². The van der Waals surface area contributed by atoms with Gasteiger partial charge < -0.3 is 5.73 Å². The van der Waals surface area contributed by atoms with Gasteiger partial charge in [-0.3, -0.25) is 0 Å². The van der Waals surface area contributed by atoms with Crippen LogP contribution >= 0.6 is 11.8 Å². The van der Waals surface area contributed by atoms with E-state index in [4.69, 9.17) is 5.73 Å². The first-order chi connectivity index (χ1) is 6.80. The summed E-state index contributed by atoms with van der Waals surface area (Å²) in [5.74, 6) is 0.103. The molecule has 0 aliphatic heterocycles. The van der Waals surface area contributed by atoms with Gasteiger partial charge in [-0.2, -0.15) is 13.2 Å². The highest BCUT2D eigenvalue weighted by Gasteiger charge is 2.34. The van der Waals surface area contributed by atoms with E-state index in [0.717, 1.165) is 18.0 Å². The lowest BCUT2D eigenvalue weighted by molar-refractivity contribution is -0.140. The second kappa shape index (κ2) is 4.30. The van der Waals surface area contributed by atoms with Crippen LogP contribution in [0.5, 0.6) is 0 Å². The largest absolute Gasteiger partial charge is 0.418 e. The molecule has 0 spiro atoms. The van der Waals surface area contributed by atoms with Crippen molar-refractivity contribution in [1.82, 2.24) is 4.98 Å². The molecule has 0 aliphatic rings. The summed E-state index contributed by atoms with van der Waals surface area (Å²) in [6.07, 6.45) is -3.60. The Labute approximate surface area is 90.1 Å². The summed E-state index contributed by atoms with van der Waals surface area (Å²) in [6, 6.07) is 1.26. The fourth-order valence-electron chi connectivity index (χ4n) is 1.02. The molecular formula is C9H11F3N2S. The van der Waals surface area contributed by atoms with Crippen molar-refractivity contribution in [2.24, 2.45) is 0 Å². The SMILES string of the molecule is CC(C)Sc1cc(N)ncc1C(F)(F)F. The maximum absolute atomic E-state index is 12.5. The Hall–Kier alpha value is -0.910. The van der Waals surface area contributed by atoms with Crippen LogP contribution in [-0.4, -0.2) is 10.2 Å². The number of pyridine rings is 1. The fraction of sp³-hybridized carbons (Fsp3) is 0.444. The first kappa shape index (κ1) is 12.2. The van der Waals surface area contributed by atoms with Crippen LogP contribution in [0, 0.1) is 0 Å². The zero-order valence-electron chi connectivity index (χ0n) is 8.30. The summed E-state index contributed by atoms with van der Waals surface area (Å²) < 4.78 is 37.6. The monoisotopic (exact) mass is 236 g/mol. The second-order valence-corrected chi connectivity index (χ2v) is 4.89. The number of nitrogens with zero attached hydrogens (tertiary/aromatic N) is 1. The average molecular weight is 236 g/mol. The van der Waals surface area contributed by atoms with Crippen LogP contribution in [0.3, 0.4) is 0 Å². The zero-order valence-corrected chi connectivity index (χ0v) is 9.12. The molecule has 84 valence electrons. The van der Waals surface area contributed by atoms with Crippen LogP contribution in [-0.2, 0) is 6.18 Å². The number of hydrogen-bond acceptors (Lipinski definition) is 3. The zero-order chi connectivity index (χ0) is 11.6. The second-order valence-electron chi connectivity index (χ2n) is 3.27. The van der Waals surface area contributed by atoms with Gasteiger partial charge in [0.1, 0.15) is 5.82 Å². The van der Waals surface area contributed by atoms with Crippen LogP contribution in [0.2, 0.25) is 0 Å². The molecule has 0 bridgehead atoms. The molecule has 0 unspecified atom stereocenters. The number of hydrogen-bond donors (Lipinski definition) is 1. The van der Waals surface area contributed by atoms with E-state index >= 15 is 0 Å². The van der Waals surface area contributed by atoms with Gasteiger partial charge in [-0.05, 0) is 6.07 Å². The number of aromatic nitrogens is 1. The number of alkyl halides is 3. The van der Waals surface area contributed by atoms with E-state index in [0.29, 0.717) is 0 Å². The smallest absolute Gasteiger partial charge is 0.384 e. The van der Waals surface area contributed by atoms with E-state index < -0.39 is 11.7 Å². The van der Waals surface area contributed by atoms with Crippen molar-refractivity contribution in [1.29, 1.82) is 0 Å². The Kier molecular flexibility index (Phi) is 3.49. The van der Waals surface area contributed by atoms with Gasteiger partial charge in [-0.15, -0.1) is 11.8 Å². The van der Waals surface area contributed by atoms with Crippen LogP contribution in [0.15, 0.2) is 17.2 Å². The standard InChI is InChI=1S/C9H11F3N2S/c1-5(2)15-7-3-8(13)14-4-6(7)9(10,11)12/h3-5H,1-2H3,(H2,13,14). The molecule has 1 aromatic heterocycles. The highest BCUT2D eigenvalue weighted by Crippen LogP contribution is 2.38. The molecule has 0 saturated heterocycles. The lowest BCUT2D eigenvalue weighted by atomic mass is 10.3. The molecule has 0 radical (unpaired) electrons. The molecule has 2 N–H and O–H groups in total. The van der Waals surface area contributed by atoms with Crippen molar-refractivity contribution in [2.75, 3.05) is 5.73 Å². The van der Waals surface area contributed by atoms with Gasteiger partial charge in [0.05, 0.1) is 5.56 Å². The van der Waals surface area contributed by atoms with Gasteiger partial charge in [0.2, 0.25) is 0 Å². The normalized spacial score (nSPS) is 12.1. The molecule has 6 heteroatoms. The van der Waals surface area contributed by atoms with E-state index in [-0.39, 0.29) is 16.0 Å². The molecule has 0 aromatic carbocycles. The van der Waals surface area contributed by atoms with Crippen molar-refractivity contribution in [2.45, 2.75) is 30.2 Å². The number of thioether (sulfide) groups is 1. The third kappa shape index (κ3) is 3.30. The Morgan fingerprint density at radius 2 is 2.00 bits per heavy atom. The van der Waals surface area contributed by atoms with Crippen LogP contribution in [0.25, 0.3) is 0 Å². The minimum atomic E-state index is -4.38. The molecule has 1 rings (SSSR count). The highest BCUT2D eigenvalue weighted by molar-refractivity contribution is 8.00. The van der Waals surface area contributed by atoms with E-state index in [2.05, 4.69) is 4.98 Å². The number of anilines is 1. The minimum Gasteiger partial charge on any atom is -0.384 e. The number of rotatable bonds is 2. The number of nitrogens with two attached hydrogens (primary N) is 1. The van der Waals surface area contributed by atoms with Crippen molar-refractivity contribution in [3.63, 3.8) is 0 Å². The summed E-state index contributed by atoms with van der Waals surface area (Å²) in [5, 5.41) is 0.0629. The highest BCUT2D eigenvalue weighted by atomic mass is 32.2. The van der Waals surface area contributed by atoms with Crippen LogP contribution in [0.1, 0.15) is 19.4 Å². The lowest BCUT2D eigenvalue weighted by Gasteiger charge is -2.13. The molecule has 0 fully saturated rings. The van der Waals surface area contributed by atoms with Crippen molar-refractivity contribution in [3.8, 4) is 0 Å². The first-order valence-electron chi connectivity index (χ1n) is 4.30. The quantitative estimate of drug-likeness (QED) is 0.801. The third-order valence-electron chi connectivity index (χ3n) is 1.56. The first-order valence-corrected chi connectivity index (χ1v) is 5.18. The fourth-order valence-corrected chi connectivity index (χ4v) is 2.01. The number of halogens is 3. The van der Waals surface area contributed by atoms with Gasteiger partial charge in [-0.1, -0.05) is 13.8 Å². The van der Waals surface area contributed by atoms with Gasteiger partial charge in [0.15, 0.2) is 0 Å². The molecule has 1 aromatic rings. The lowest BCUT2D eigenvalue weighted by Crippen LogP contribution is -2.09. The van der Waals surface area contributed by atoms with Gasteiger partial charge in [-0.25, -0.2) is 4.98 Å². The Morgan fingerprint density at radius 3 is 2.47 bits per heavy atom. The molecule has 0 saturated carbocycles. The summed E-state index contributed by atoms with van der Waals surface area (Å²) in [5.41, 5.74) is 4.63. The molecule has 1 heterocycles. The predicted molar refractivity (Wildman–Crippen MR) is 54.6 cm³/mol. The minimum absolute atomic E-state index is 0.0629. The Balaban J connectivity index is 3.15. The molecule has 0 amide bonds. The Morgan fingerprint density at radius 1 is 1.40 bits per heavy atom. The molecule has 0 atom stereocenters. The van der Waals surface area contributed by atoms with E-state index in [1.165, 1.54) is 6.07 Å². The summed E-state index contributed by atoms with van der Waals surface area (Å²) in [7, 11) is 0. The average Bonchev–Trinajstić information content (AvgIpc) is 1.99. The van der Waals surface area contributed by atoms with Crippen molar-refractivity contribution >= 4 is 17.6 Å². The third-order valence-corrected chi connectivity index (χ3v) is 2.62. The molecule has 15 heavy (non-hydrogen) atoms. The molecular weight excluding hydrogens is 225 g/mol. The van der Waals surface area contributed by atoms with Crippen molar-refractivity contribution < 1.29 is 13.2 Å². The maximum Gasteiger partial charge on any atom is 0.418 e. The summed E-state index contributed by atoms with van der Waals surface area (Å²) in [4.78, 5) is 3.59. The van der Waals surface area contributed by atoms with Gasteiger partial charge >= 0.3 is 6.18 Å². The predicted octanol–water partition coefficient (Wildman–Crippen LogP) is 3.18. The number of nitrogen functional groups attached to an aromatic ring is 1. The molecule has 0 aliphatic carbocycles. The van der Waals surface area contributed by atoms with E-state index in [1.54, 1.807) is 0 Å².